The lowest BCUT2D eigenvalue weighted by atomic mass is 10.2. The number of benzene rings is 2. The van der Waals surface area contributed by atoms with Crippen LogP contribution in [0.5, 0.6) is 5.75 Å². The van der Waals surface area contributed by atoms with Gasteiger partial charge >= 0.3 is 6.03 Å². The molecule has 2 aromatic carbocycles. The number of nitrogens with one attached hydrogen (secondary N) is 2. The van der Waals surface area contributed by atoms with E-state index in [0.29, 0.717) is 11.6 Å². The van der Waals surface area contributed by atoms with Gasteiger partial charge in [0, 0.05) is 22.1 Å². The Morgan fingerprint density at radius 2 is 1.70 bits per heavy atom. The van der Waals surface area contributed by atoms with Crippen LogP contribution >= 0.6 is 11.6 Å². The first-order valence-electron chi connectivity index (χ1n) is 9.41. The van der Waals surface area contributed by atoms with Crippen LogP contribution < -0.4 is 15.4 Å². The number of hydrogen-bond acceptors (Lipinski definition) is 3. The fourth-order valence-corrected chi connectivity index (χ4v) is 3.53. The molecule has 3 aromatic rings. The molecule has 1 aliphatic heterocycles. The molecule has 152 valence electrons. The lowest BCUT2D eigenvalue weighted by Gasteiger charge is -2.11. The van der Waals surface area contributed by atoms with E-state index in [9.17, 15) is 9.59 Å². The van der Waals surface area contributed by atoms with Gasteiger partial charge in [-0.25, -0.2) is 4.79 Å². The Balaban J connectivity index is 1.52. The van der Waals surface area contributed by atoms with Crippen LogP contribution in [0.4, 0.5) is 4.79 Å². The minimum absolute atomic E-state index is 0.242. The van der Waals surface area contributed by atoms with Crippen LogP contribution in [0, 0.1) is 13.8 Å². The van der Waals surface area contributed by atoms with Crippen LogP contribution in [0.3, 0.4) is 0 Å². The average molecular weight is 422 g/mol. The van der Waals surface area contributed by atoms with Crippen LogP contribution in [0.15, 0.2) is 60.3 Å². The second-order valence-electron chi connectivity index (χ2n) is 7.04. The van der Waals surface area contributed by atoms with Crippen molar-refractivity contribution >= 4 is 29.6 Å². The van der Waals surface area contributed by atoms with Crippen LogP contribution in [0.2, 0.25) is 5.02 Å². The Labute approximate surface area is 179 Å². The van der Waals surface area contributed by atoms with E-state index in [4.69, 9.17) is 16.3 Å². The van der Waals surface area contributed by atoms with Crippen molar-refractivity contribution in [3.05, 3.63) is 87.8 Å². The van der Waals surface area contributed by atoms with Crippen molar-refractivity contribution < 1.29 is 14.3 Å². The van der Waals surface area contributed by atoms with Gasteiger partial charge in [0.25, 0.3) is 5.91 Å². The summed E-state index contributed by atoms with van der Waals surface area (Å²) in [5.74, 6) is 0.343. The van der Waals surface area contributed by atoms with Crippen molar-refractivity contribution in [3.63, 3.8) is 0 Å². The maximum Gasteiger partial charge on any atom is 0.326 e. The normalized spacial score (nSPS) is 14.7. The number of carbonyl (C=O) groups is 2. The summed E-state index contributed by atoms with van der Waals surface area (Å²) in [6.07, 6.45) is 1.68. The Morgan fingerprint density at radius 3 is 2.33 bits per heavy atom. The van der Waals surface area contributed by atoms with Crippen molar-refractivity contribution in [1.29, 1.82) is 0 Å². The number of carbonyl (C=O) groups excluding carboxylic acids is 2. The number of ether oxygens (including phenoxy) is 1. The van der Waals surface area contributed by atoms with E-state index >= 15 is 0 Å². The highest BCUT2D eigenvalue weighted by molar-refractivity contribution is 6.30. The summed E-state index contributed by atoms with van der Waals surface area (Å²) in [5.41, 5.74) is 5.10. The molecule has 1 aliphatic rings. The number of urea groups is 1. The van der Waals surface area contributed by atoms with E-state index in [1.165, 1.54) is 0 Å². The standard InChI is InChI=1S/C23H20ClN3O3/c1-14-11-17(12-21-22(28)26-23(29)25-21)15(2)27(14)19-7-9-20(10-8-19)30-13-16-3-5-18(24)6-4-16/h3-12H,13H2,1-2H3,(H2,25,26,28,29). The second-order valence-corrected chi connectivity index (χ2v) is 7.47. The molecule has 3 amide bonds. The number of aromatic nitrogens is 1. The van der Waals surface area contributed by atoms with Gasteiger partial charge in [-0.3, -0.25) is 10.1 Å². The first-order chi connectivity index (χ1) is 14.4. The van der Waals surface area contributed by atoms with Crippen molar-refractivity contribution in [2.45, 2.75) is 20.5 Å². The zero-order valence-corrected chi connectivity index (χ0v) is 17.3. The predicted molar refractivity (Wildman–Crippen MR) is 116 cm³/mol. The summed E-state index contributed by atoms with van der Waals surface area (Å²) < 4.78 is 7.94. The van der Waals surface area contributed by atoms with Gasteiger partial charge < -0.3 is 14.6 Å². The average Bonchev–Trinajstić information content (AvgIpc) is 3.19. The van der Waals surface area contributed by atoms with Crippen LogP contribution in [0.1, 0.15) is 22.5 Å². The largest absolute Gasteiger partial charge is 0.489 e. The monoisotopic (exact) mass is 421 g/mol. The molecule has 7 heteroatoms. The van der Waals surface area contributed by atoms with Gasteiger partial charge in [0.1, 0.15) is 18.1 Å². The van der Waals surface area contributed by atoms with Crippen LogP contribution in [-0.4, -0.2) is 16.5 Å². The first-order valence-corrected chi connectivity index (χ1v) is 9.79. The molecular formula is C23H20ClN3O3. The number of hydrogen-bond donors (Lipinski definition) is 2. The van der Waals surface area contributed by atoms with E-state index in [1.807, 2.05) is 68.4 Å². The SMILES string of the molecule is Cc1cc(C=C2NC(=O)NC2=O)c(C)n1-c1ccc(OCc2ccc(Cl)cc2)cc1. The first kappa shape index (κ1) is 19.8. The van der Waals surface area contributed by atoms with Gasteiger partial charge in [-0.15, -0.1) is 0 Å². The predicted octanol–water partition coefficient (Wildman–Crippen LogP) is 4.51. The van der Waals surface area contributed by atoms with Gasteiger partial charge in [-0.05, 0) is 73.5 Å². The molecule has 1 aromatic heterocycles. The molecule has 6 nitrogen and oxygen atoms in total. The van der Waals surface area contributed by atoms with Crippen molar-refractivity contribution in [2.75, 3.05) is 0 Å². The minimum atomic E-state index is -0.505. The number of aryl methyl sites for hydroxylation is 1. The van der Waals surface area contributed by atoms with E-state index in [0.717, 1.165) is 34.0 Å². The molecule has 4 rings (SSSR count). The quantitative estimate of drug-likeness (QED) is 0.470. The van der Waals surface area contributed by atoms with Gasteiger partial charge in [-0.1, -0.05) is 23.7 Å². The Bertz CT molecular complexity index is 1150. The highest BCUT2D eigenvalue weighted by atomic mass is 35.5. The summed E-state index contributed by atoms with van der Waals surface area (Å²) in [6, 6.07) is 16.8. The summed E-state index contributed by atoms with van der Waals surface area (Å²) >= 11 is 5.91. The van der Waals surface area contributed by atoms with Gasteiger partial charge in [0.15, 0.2) is 0 Å². The summed E-state index contributed by atoms with van der Waals surface area (Å²) in [6.45, 7) is 4.43. The zero-order valence-electron chi connectivity index (χ0n) is 16.5. The molecule has 0 bridgehead atoms. The maximum atomic E-state index is 11.8. The zero-order chi connectivity index (χ0) is 21.3. The summed E-state index contributed by atoms with van der Waals surface area (Å²) in [5, 5.41) is 5.42. The van der Waals surface area contributed by atoms with E-state index in [-0.39, 0.29) is 5.70 Å². The maximum absolute atomic E-state index is 11.8. The molecule has 30 heavy (non-hydrogen) atoms. The Kier molecular flexibility index (Phi) is 5.33. The molecule has 0 radical (unpaired) electrons. The third-order valence-corrected chi connectivity index (χ3v) is 5.16. The fraction of sp³-hybridized carbons (Fsp3) is 0.130. The molecule has 0 atom stereocenters. The second kappa shape index (κ2) is 8.08. The molecule has 0 saturated carbocycles. The van der Waals surface area contributed by atoms with E-state index in [1.54, 1.807) is 6.08 Å². The number of imide groups is 1. The van der Waals surface area contributed by atoms with Crippen LogP contribution in [0.25, 0.3) is 11.8 Å². The fourth-order valence-electron chi connectivity index (χ4n) is 3.41. The number of rotatable bonds is 5. The third-order valence-electron chi connectivity index (χ3n) is 4.90. The molecule has 1 saturated heterocycles. The summed E-state index contributed by atoms with van der Waals surface area (Å²) in [7, 11) is 0. The molecule has 0 unspecified atom stereocenters. The van der Waals surface area contributed by atoms with E-state index < -0.39 is 11.9 Å². The number of halogens is 1. The van der Waals surface area contributed by atoms with Crippen LogP contribution in [-0.2, 0) is 11.4 Å². The Morgan fingerprint density at radius 1 is 1.00 bits per heavy atom. The third kappa shape index (κ3) is 4.09. The van der Waals surface area contributed by atoms with Gasteiger partial charge in [0.2, 0.25) is 0 Å². The Hall–Kier alpha value is -3.51. The topological polar surface area (TPSA) is 72.4 Å². The lowest BCUT2D eigenvalue weighted by molar-refractivity contribution is -0.115. The molecule has 2 heterocycles. The molecule has 1 fully saturated rings. The highest BCUT2D eigenvalue weighted by Crippen LogP contribution is 2.25. The molecule has 0 aliphatic carbocycles. The molecule has 2 N–H and O–H groups in total. The molecule has 0 spiro atoms. The highest BCUT2D eigenvalue weighted by Gasteiger charge is 2.23. The van der Waals surface area contributed by atoms with Crippen molar-refractivity contribution in [1.82, 2.24) is 15.2 Å². The van der Waals surface area contributed by atoms with E-state index in [2.05, 4.69) is 15.2 Å². The number of amides is 3. The molecular weight excluding hydrogens is 402 g/mol. The lowest BCUT2D eigenvalue weighted by Crippen LogP contribution is -2.22. The number of nitrogens with zero attached hydrogens (tertiary/aromatic N) is 1. The minimum Gasteiger partial charge on any atom is -0.489 e. The van der Waals surface area contributed by atoms with Crippen molar-refractivity contribution in [2.24, 2.45) is 0 Å². The smallest absolute Gasteiger partial charge is 0.326 e. The van der Waals surface area contributed by atoms with Crippen molar-refractivity contribution in [3.8, 4) is 11.4 Å². The summed E-state index contributed by atoms with van der Waals surface area (Å²) in [4.78, 5) is 23.1. The van der Waals surface area contributed by atoms with Gasteiger partial charge in [0.05, 0.1) is 0 Å². The van der Waals surface area contributed by atoms with Gasteiger partial charge in [-0.2, -0.15) is 0 Å².